The predicted octanol–water partition coefficient (Wildman–Crippen LogP) is 3.03. The standard InChI is InChI=1S/C12H19F3N2O2S2/c1-5-6-16-9(11(2,3)21(4,18)19)8-7-17-10(20-8)12(13,14)15/h7,9,16H,5-6H2,1-4H3. The van der Waals surface area contributed by atoms with Gasteiger partial charge in [0.1, 0.15) is 0 Å². The molecule has 4 nitrogen and oxygen atoms in total. The molecule has 0 aliphatic heterocycles. The lowest BCUT2D eigenvalue weighted by Gasteiger charge is -2.32. The predicted molar refractivity (Wildman–Crippen MR) is 77.1 cm³/mol. The second kappa shape index (κ2) is 6.21. The van der Waals surface area contributed by atoms with Crippen LogP contribution in [0.15, 0.2) is 6.20 Å². The average Bonchev–Trinajstić information content (AvgIpc) is 2.76. The zero-order chi connectivity index (χ0) is 16.5. The molecule has 1 heterocycles. The molecule has 122 valence electrons. The first-order chi connectivity index (χ1) is 9.41. The number of halogens is 3. The minimum Gasteiger partial charge on any atom is -0.308 e. The molecule has 0 radical (unpaired) electrons. The van der Waals surface area contributed by atoms with E-state index in [0.717, 1.165) is 18.9 Å². The molecule has 0 aromatic carbocycles. The Kier molecular flexibility index (Phi) is 5.44. The Bertz CT molecular complexity index is 580. The summed E-state index contributed by atoms with van der Waals surface area (Å²) in [7, 11) is -3.47. The van der Waals surface area contributed by atoms with Gasteiger partial charge in [0.25, 0.3) is 0 Å². The smallest absolute Gasteiger partial charge is 0.308 e. The number of aromatic nitrogens is 1. The Morgan fingerprint density at radius 3 is 2.33 bits per heavy atom. The van der Waals surface area contributed by atoms with Crippen molar-refractivity contribution in [2.75, 3.05) is 12.8 Å². The SMILES string of the molecule is CCCNC(c1cnc(C(F)(F)F)s1)C(C)(C)S(C)(=O)=O. The molecule has 1 N–H and O–H groups in total. The average molecular weight is 344 g/mol. The van der Waals surface area contributed by atoms with E-state index >= 15 is 0 Å². The number of nitrogens with zero attached hydrogens (tertiary/aromatic N) is 1. The van der Waals surface area contributed by atoms with Crippen molar-refractivity contribution in [1.82, 2.24) is 10.3 Å². The van der Waals surface area contributed by atoms with Gasteiger partial charge in [0.2, 0.25) is 0 Å². The van der Waals surface area contributed by atoms with E-state index in [-0.39, 0.29) is 4.88 Å². The number of rotatable bonds is 6. The van der Waals surface area contributed by atoms with E-state index in [1.54, 1.807) is 0 Å². The lowest BCUT2D eigenvalue weighted by molar-refractivity contribution is -0.137. The van der Waals surface area contributed by atoms with Gasteiger partial charge in [-0.2, -0.15) is 13.2 Å². The maximum atomic E-state index is 12.7. The van der Waals surface area contributed by atoms with Crippen molar-refractivity contribution in [3.05, 3.63) is 16.1 Å². The quantitative estimate of drug-likeness (QED) is 0.862. The summed E-state index contributed by atoms with van der Waals surface area (Å²) in [5, 5.41) is 2.05. The molecule has 9 heteroatoms. The second-order valence-corrected chi connectivity index (χ2v) is 8.99. The molecule has 0 fully saturated rings. The molecular formula is C12H19F3N2O2S2. The number of thiazole rings is 1. The van der Waals surface area contributed by atoms with E-state index in [9.17, 15) is 21.6 Å². The molecule has 1 aromatic rings. The fourth-order valence-electron chi connectivity index (χ4n) is 1.74. The largest absolute Gasteiger partial charge is 0.443 e. The first-order valence-electron chi connectivity index (χ1n) is 6.37. The van der Waals surface area contributed by atoms with E-state index in [1.807, 2.05) is 6.92 Å². The van der Waals surface area contributed by atoms with Gasteiger partial charge in [0.05, 0.1) is 10.8 Å². The number of hydrogen-bond donors (Lipinski definition) is 1. The summed E-state index contributed by atoms with van der Waals surface area (Å²) in [4.78, 5) is 3.64. The van der Waals surface area contributed by atoms with Crippen LogP contribution in [0.5, 0.6) is 0 Å². The summed E-state index contributed by atoms with van der Waals surface area (Å²) in [6.07, 6.45) is -1.60. The molecular weight excluding hydrogens is 325 g/mol. The van der Waals surface area contributed by atoms with Crippen LogP contribution in [0.2, 0.25) is 0 Å². The highest BCUT2D eigenvalue weighted by molar-refractivity contribution is 7.92. The number of nitrogens with one attached hydrogen (secondary N) is 1. The lowest BCUT2D eigenvalue weighted by Crippen LogP contribution is -2.44. The van der Waals surface area contributed by atoms with Gasteiger partial charge in [-0.05, 0) is 26.8 Å². The van der Waals surface area contributed by atoms with Gasteiger partial charge in [-0.1, -0.05) is 6.92 Å². The Balaban J connectivity index is 3.23. The van der Waals surface area contributed by atoms with Gasteiger partial charge in [-0.15, -0.1) is 11.3 Å². The lowest BCUT2D eigenvalue weighted by atomic mass is 10.0. The summed E-state index contributed by atoms with van der Waals surface area (Å²) in [6, 6.07) is -0.735. The zero-order valence-corrected chi connectivity index (χ0v) is 13.9. The summed E-state index contributed by atoms with van der Waals surface area (Å²) in [5.74, 6) is 0. The molecule has 1 atom stereocenters. The molecule has 0 aliphatic carbocycles. The Labute approximate surface area is 126 Å². The number of hydrogen-bond acceptors (Lipinski definition) is 5. The first-order valence-corrected chi connectivity index (χ1v) is 9.08. The van der Waals surface area contributed by atoms with E-state index in [2.05, 4.69) is 10.3 Å². The molecule has 1 unspecified atom stereocenters. The van der Waals surface area contributed by atoms with Crippen LogP contribution in [0.3, 0.4) is 0 Å². The van der Waals surface area contributed by atoms with Gasteiger partial charge < -0.3 is 5.32 Å². The monoisotopic (exact) mass is 344 g/mol. The van der Waals surface area contributed by atoms with Crippen LogP contribution < -0.4 is 5.32 Å². The van der Waals surface area contributed by atoms with E-state index in [0.29, 0.717) is 17.9 Å². The fourth-order valence-corrected chi connectivity index (χ4v) is 3.50. The molecule has 0 bridgehead atoms. The molecule has 0 aliphatic rings. The minimum atomic E-state index is -4.52. The number of sulfone groups is 1. The summed E-state index contributed by atoms with van der Waals surface area (Å²) >= 11 is 0.478. The topological polar surface area (TPSA) is 59.1 Å². The highest BCUT2D eigenvalue weighted by Crippen LogP contribution is 2.39. The normalized spacial score (nSPS) is 15.2. The van der Waals surface area contributed by atoms with Gasteiger partial charge in [0, 0.05) is 17.3 Å². The number of alkyl halides is 3. The van der Waals surface area contributed by atoms with Crippen LogP contribution in [-0.2, 0) is 16.0 Å². The van der Waals surface area contributed by atoms with Crippen molar-refractivity contribution < 1.29 is 21.6 Å². The van der Waals surface area contributed by atoms with E-state index in [1.165, 1.54) is 13.8 Å². The van der Waals surface area contributed by atoms with Crippen LogP contribution in [0.25, 0.3) is 0 Å². The van der Waals surface area contributed by atoms with Gasteiger partial charge in [-0.25, -0.2) is 13.4 Å². The highest BCUT2D eigenvalue weighted by Gasteiger charge is 2.42. The molecule has 1 aromatic heterocycles. The summed E-state index contributed by atoms with van der Waals surface area (Å²) in [5.41, 5.74) is 0. The molecule has 0 amide bonds. The van der Waals surface area contributed by atoms with Crippen molar-refractivity contribution in [3.8, 4) is 0 Å². The second-order valence-electron chi connectivity index (χ2n) is 5.33. The van der Waals surface area contributed by atoms with Crippen molar-refractivity contribution in [2.45, 2.75) is 44.2 Å². The van der Waals surface area contributed by atoms with Crippen LogP contribution in [0.1, 0.15) is 43.1 Å². The van der Waals surface area contributed by atoms with E-state index < -0.39 is 31.8 Å². The van der Waals surface area contributed by atoms with Gasteiger partial charge >= 0.3 is 6.18 Å². The van der Waals surface area contributed by atoms with Crippen LogP contribution >= 0.6 is 11.3 Å². The third kappa shape index (κ3) is 4.17. The Hall–Kier alpha value is -0.670. The summed E-state index contributed by atoms with van der Waals surface area (Å²) in [6.45, 7) is 5.40. The van der Waals surface area contributed by atoms with Gasteiger partial charge in [-0.3, -0.25) is 0 Å². The van der Waals surface area contributed by atoms with E-state index in [4.69, 9.17) is 0 Å². The summed E-state index contributed by atoms with van der Waals surface area (Å²) < 4.78 is 60.6. The minimum absolute atomic E-state index is 0.270. The first kappa shape index (κ1) is 18.4. The Morgan fingerprint density at radius 2 is 1.95 bits per heavy atom. The molecule has 0 spiro atoms. The third-order valence-corrected chi connectivity index (χ3v) is 6.55. The Morgan fingerprint density at radius 1 is 1.38 bits per heavy atom. The molecule has 0 saturated carbocycles. The van der Waals surface area contributed by atoms with Crippen LogP contribution in [0.4, 0.5) is 13.2 Å². The maximum Gasteiger partial charge on any atom is 0.443 e. The fraction of sp³-hybridized carbons (Fsp3) is 0.750. The molecule has 21 heavy (non-hydrogen) atoms. The van der Waals surface area contributed by atoms with Crippen LogP contribution in [-0.4, -0.2) is 30.9 Å². The van der Waals surface area contributed by atoms with Crippen molar-refractivity contribution in [1.29, 1.82) is 0 Å². The maximum absolute atomic E-state index is 12.7. The van der Waals surface area contributed by atoms with Crippen molar-refractivity contribution in [3.63, 3.8) is 0 Å². The van der Waals surface area contributed by atoms with Gasteiger partial charge in [0.15, 0.2) is 14.8 Å². The van der Waals surface area contributed by atoms with Crippen LogP contribution in [0, 0.1) is 0 Å². The van der Waals surface area contributed by atoms with Crippen molar-refractivity contribution in [2.24, 2.45) is 0 Å². The zero-order valence-electron chi connectivity index (χ0n) is 12.3. The molecule has 1 rings (SSSR count). The van der Waals surface area contributed by atoms with Crippen molar-refractivity contribution >= 4 is 21.2 Å². The third-order valence-electron chi connectivity index (χ3n) is 3.30. The molecule has 0 saturated heterocycles. The highest BCUT2D eigenvalue weighted by atomic mass is 32.2.